The first-order chi connectivity index (χ1) is 17.2. The van der Waals surface area contributed by atoms with Crippen LogP contribution < -0.4 is 9.64 Å². The third-order valence-corrected chi connectivity index (χ3v) is 5.97. The molecule has 6 heteroatoms. The molecule has 3 aromatic heterocycles. The van der Waals surface area contributed by atoms with E-state index in [4.69, 9.17) is 4.74 Å². The molecule has 3 aromatic carbocycles. The maximum Gasteiger partial charge on any atom is 2.00 e. The molecule has 0 amide bonds. The number of rotatable bonds is 5. The third kappa shape index (κ3) is 4.38. The molecule has 0 bridgehead atoms. The maximum absolute atomic E-state index is 6.04. The van der Waals surface area contributed by atoms with Gasteiger partial charge in [0.1, 0.15) is 5.82 Å². The van der Waals surface area contributed by atoms with Crippen LogP contribution in [0.4, 0.5) is 5.69 Å². The Morgan fingerprint density at radius 1 is 0.750 bits per heavy atom. The monoisotopic (exact) mass is 649 g/mol. The maximum atomic E-state index is 6.04. The summed E-state index contributed by atoms with van der Waals surface area (Å²) >= 11 is 0. The van der Waals surface area contributed by atoms with Crippen molar-refractivity contribution in [1.29, 1.82) is 0 Å². The molecule has 0 aliphatic rings. The molecule has 6 rings (SSSR count). The fourth-order valence-electron chi connectivity index (χ4n) is 4.28. The van der Waals surface area contributed by atoms with Crippen molar-refractivity contribution in [1.82, 2.24) is 14.5 Å². The molecule has 6 aromatic rings. The first-order valence-corrected chi connectivity index (χ1v) is 11.4. The number of hydrogen-bond donors (Lipinski definition) is 0. The van der Waals surface area contributed by atoms with Crippen LogP contribution in [-0.2, 0) is 21.1 Å². The molecule has 178 valence electrons. The minimum absolute atomic E-state index is 0. The van der Waals surface area contributed by atoms with Crippen LogP contribution in [0.1, 0.15) is 0 Å². The van der Waals surface area contributed by atoms with E-state index in [2.05, 4.69) is 63.1 Å². The smallest absolute Gasteiger partial charge is 0.460 e. The topological polar surface area (TPSA) is 43.2 Å². The molecule has 5 nitrogen and oxygen atoms in total. The summed E-state index contributed by atoms with van der Waals surface area (Å²) in [5.74, 6) is 1.99. The van der Waals surface area contributed by atoms with E-state index in [1.165, 1.54) is 5.39 Å². The third-order valence-electron chi connectivity index (χ3n) is 5.97. The van der Waals surface area contributed by atoms with Crippen molar-refractivity contribution >= 4 is 27.5 Å². The first kappa shape index (κ1) is 23.8. The van der Waals surface area contributed by atoms with Crippen molar-refractivity contribution in [3.8, 4) is 28.6 Å². The molecule has 3 heterocycles. The molecule has 0 saturated carbocycles. The minimum atomic E-state index is 0. The van der Waals surface area contributed by atoms with Crippen molar-refractivity contribution in [3.63, 3.8) is 0 Å². The van der Waals surface area contributed by atoms with Crippen LogP contribution in [0.3, 0.4) is 0 Å². The number of anilines is 1. The average molecular weight is 650 g/mol. The molecule has 0 radical (unpaired) electrons. The Morgan fingerprint density at radius 2 is 1.58 bits per heavy atom. The predicted octanol–water partition coefficient (Wildman–Crippen LogP) is 6.70. The number of fused-ring (bicyclic) bond motifs is 3. The van der Waals surface area contributed by atoms with Crippen molar-refractivity contribution < 1.29 is 25.8 Å². The number of aromatic nitrogens is 3. The van der Waals surface area contributed by atoms with Gasteiger partial charge in [0.15, 0.2) is 0 Å². The number of hydrogen-bond acceptors (Lipinski definition) is 4. The van der Waals surface area contributed by atoms with Crippen LogP contribution in [0, 0.1) is 12.1 Å². The Kier molecular flexibility index (Phi) is 6.58. The predicted molar refractivity (Wildman–Crippen MR) is 140 cm³/mol. The van der Waals surface area contributed by atoms with E-state index in [0.29, 0.717) is 11.6 Å². The van der Waals surface area contributed by atoms with E-state index in [9.17, 15) is 0 Å². The van der Waals surface area contributed by atoms with Gasteiger partial charge in [0.25, 0.3) is 0 Å². The Balaban J connectivity index is 0.00000267. The standard InChI is InChI=1S/C30H22N4O.Pt/c1-33(2)23-15-17-32-30(20-23)35-24-9-7-8-21(18-24)22-13-14-26-25-10-3-4-11-27(25)34(28(26)19-22)29-12-5-6-16-31-29;/h3-17,20H,1-2H3;/q-2;+2. The van der Waals surface area contributed by atoms with Crippen LogP contribution in [0.2, 0.25) is 0 Å². The van der Waals surface area contributed by atoms with Crippen LogP contribution in [0.25, 0.3) is 38.8 Å². The molecule has 0 atom stereocenters. The van der Waals surface area contributed by atoms with Gasteiger partial charge < -0.3 is 14.2 Å². The minimum Gasteiger partial charge on any atom is -0.460 e. The quantitative estimate of drug-likeness (QED) is 0.195. The molecular formula is C30H22N4OPt. The summed E-state index contributed by atoms with van der Waals surface area (Å²) in [7, 11) is 3.98. The van der Waals surface area contributed by atoms with E-state index in [1.54, 1.807) is 6.20 Å². The van der Waals surface area contributed by atoms with Gasteiger partial charge in [0.05, 0.1) is 0 Å². The van der Waals surface area contributed by atoms with E-state index >= 15 is 0 Å². The van der Waals surface area contributed by atoms with Crippen LogP contribution in [0.5, 0.6) is 11.6 Å². The molecule has 0 aliphatic heterocycles. The second-order valence-corrected chi connectivity index (χ2v) is 8.45. The first-order valence-electron chi connectivity index (χ1n) is 11.4. The van der Waals surface area contributed by atoms with Gasteiger partial charge in [-0.25, -0.2) is 21.1 Å². The van der Waals surface area contributed by atoms with E-state index in [0.717, 1.165) is 39.1 Å². The number of benzene rings is 3. The molecule has 0 unspecified atom stereocenters. The van der Waals surface area contributed by atoms with Gasteiger partial charge in [-0.15, -0.1) is 18.2 Å². The molecule has 36 heavy (non-hydrogen) atoms. The van der Waals surface area contributed by atoms with Crippen molar-refractivity contribution in [2.24, 2.45) is 0 Å². The number of ether oxygens (including phenoxy) is 1. The average Bonchev–Trinajstić information content (AvgIpc) is 3.23. The molecular weight excluding hydrogens is 627 g/mol. The normalized spacial score (nSPS) is 10.8. The number of nitrogens with zero attached hydrogens (tertiary/aromatic N) is 4. The molecule has 0 fully saturated rings. The molecule has 0 N–H and O–H groups in total. The second-order valence-electron chi connectivity index (χ2n) is 8.45. The largest absolute Gasteiger partial charge is 2.00 e. The van der Waals surface area contributed by atoms with Gasteiger partial charge in [0, 0.05) is 49.5 Å². The van der Waals surface area contributed by atoms with Gasteiger partial charge in [-0.05, 0) is 35.2 Å². The zero-order chi connectivity index (χ0) is 23.8. The van der Waals surface area contributed by atoms with Gasteiger partial charge >= 0.3 is 21.1 Å². The van der Waals surface area contributed by atoms with Gasteiger partial charge in [-0.3, -0.25) is 0 Å². The van der Waals surface area contributed by atoms with Gasteiger partial charge in [-0.1, -0.05) is 29.7 Å². The Labute approximate surface area is 224 Å². The van der Waals surface area contributed by atoms with Crippen LogP contribution in [0.15, 0.2) is 97.3 Å². The molecule has 0 spiro atoms. The van der Waals surface area contributed by atoms with E-state index in [1.807, 2.05) is 73.7 Å². The fourth-order valence-corrected chi connectivity index (χ4v) is 4.28. The molecule has 0 aliphatic carbocycles. The SMILES string of the molecule is CN(C)c1ccnc(Oc2[c-]c(-c3[c-]c4c(cc3)c3ccccc3n4-c3ccccn3)ccc2)c1.[Pt+2]. The summed E-state index contributed by atoms with van der Waals surface area (Å²) in [6.45, 7) is 0. The van der Waals surface area contributed by atoms with Gasteiger partial charge in [-0.2, -0.15) is 24.3 Å². The Hall–Kier alpha value is -3.95. The second kappa shape index (κ2) is 9.96. The van der Waals surface area contributed by atoms with E-state index in [-0.39, 0.29) is 21.1 Å². The summed E-state index contributed by atoms with van der Waals surface area (Å²) in [5.41, 5.74) is 4.92. The summed E-state index contributed by atoms with van der Waals surface area (Å²) in [6, 6.07) is 35.3. The van der Waals surface area contributed by atoms with Gasteiger partial charge in [0.2, 0.25) is 5.88 Å². The number of para-hydroxylation sites is 1. The van der Waals surface area contributed by atoms with Crippen molar-refractivity contribution in [2.75, 3.05) is 19.0 Å². The Morgan fingerprint density at radius 3 is 2.42 bits per heavy atom. The summed E-state index contributed by atoms with van der Waals surface area (Å²) in [5, 5.41) is 2.30. The van der Waals surface area contributed by atoms with Crippen LogP contribution >= 0.6 is 0 Å². The summed E-state index contributed by atoms with van der Waals surface area (Å²) in [4.78, 5) is 11.0. The van der Waals surface area contributed by atoms with Crippen molar-refractivity contribution in [3.05, 3.63) is 109 Å². The van der Waals surface area contributed by atoms with Crippen molar-refractivity contribution in [2.45, 2.75) is 0 Å². The fraction of sp³-hybridized carbons (Fsp3) is 0.0667. The van der Waals surface area contributed by atoms with E-state index < -0.39 is 0 Å². The van der Waals surface area contributed by atoms with Crippen LogP contribution in [-0.4, -0.2) is 28.6 Å². The zero-order valence-electron chi connectivity index (χ0n) is 19.8. The summed E-state index contributed by atoms with van der Waals surface area (Å²) < 4.78 is 8.20. The molecule has 0 saturated heterocycles. The number of pyridine rings is 2. The zero-order valence-corrected chi connectivity index (χ0v) is 22.0. The Bertz CT molecular complexity index is 1660. The summed E-state index contributed by atoms with van der Waals surface area (Å²) in [6.07, 6.45) is 3.56.